The molecular weight excluding hydrogens is 392 g/mol. The third-order valence-corrected chi connectivity index (χ3v) is 5.24. The van der Waals surface area contributed by atoms with E-state index in [1.165, 1.54) is 12.3 Å². The van der Waals surface area contributed by atoms with E-state index < -0.39 is 5.97 Å². The van der Waals surface area contributed by atoms with Crippen LogP contribution in [0.1, 0.15) is 31.3 Å². The number of H-pyrrole nitrogens is 1. The summed E-state index contributed by atoms with van der Waals surface area (Å²) in [5, 5.41) is 9.05. The van der Waals surface area contributed by atoms with Crippen LogP contribution in [0.15, 0.2) is 55.2 Å². The molecule has 8 nitrogen and oxygen atoms in total. The number of fused-ring (bicyclic) bond motifs is 2. The molecule has 4 heterocycles. The summed E-state index contributed by atoms with van der Waals surface area (Å²) in [6.45, 7) is 6.44. The van der Waals surface area contributed by atoms with E-state index in [0.29, 0.717) is 16.9 Å². The molecule has 0 unspecified atom stereocenters. The molecular formula is C23H20N6O2. The van der Waals surface area contributed by atoms with Gasteiger partial charge in [-0.15, -0.1) is 0 Å². The molecule has 5 rings (SSSR count). The van der Waals surface area contributed by atoms with Gasteiger partial charge in [-0.3, -0.25) is 0 Å². The van der Waals surface area contributed by atoms with Crippen LogP contribution in [0.3, 0.4) is 0 Å². The van der Waals surface area contributed by atoms with Gasteiger partial charge in [0.25, 0.3) is 0 Å². The van der Waals surface area contributed by atoms with Crippen molar-refractivity contribution in [3.05, 3.63) is 60.9 Å². The lowest BCUT2D eigenvalue weighted by molar-refractivity contribution is 0.0690. The Bertz CT molecular complexity index is 1440. The molecule has 0 radical (unpaired) electrons. The first kappa shape index (κ1) is 18.9. The van der Waals surface area contributed by atoms with Crippen LogP contribution in [-0.2, 0) is 5.54 Å². The summed E-state index contributed by atoms with van der Waals surface area (Å²) in [6, 6.07) is 9.31. The van der Waals surface area contributed by atoms with E-state index in [-0.39, 0.29) is 11.2 Å². The first-order chi connectivity index (χ1) is 14.8. The van der Waals surface area contributed by atoms with Crippen molar-refractivity contribution in [1.82, 2.24) is 29.5 Å². The number of pyridine rings is 1. The normalized spacial score (nSPS) is 12.0. The van der Waals surface area contributed by atoms with Crippen molar-refractivity contribution < 1.29 is 9.90 Å². The van der Waals surface area contributed by atoms with E-state index in [0.717, 1.165) is 27.7 Å². The van der Waals surface area contributed by atoms with Crippen molar-refractivity contribution in [2.45, 2.75) is 26.3 Å². The topological polar surface area (TPSA) is 110 Å². The summed E-state index contributed by atoms with van der Waals surface area (Å²) >= 11 is 0. The first-order valence-electron chi connectivity index (χ1n) is 9.83. The zero-order valence-electron chi connectivity index (χ0n) is 17.3. The average molecular weight is 412 g/mol. The van der Waals surface area contributed by atoms with Crippen molar-refractivity contribution in [3.8, 4) is 22.4 Å². The summed E-state index contributed by atoms with van der Waals surface area (Å²) in [7, 11) is 0. The summed E-state index contributed by atoms with van der Waals surface area (Å²) < 4.78 is 2.16. The Morgan fingerprint density at radius 3 is 2.55 bits per heavy atom. The van der Waals surface area contributed by atoms with Gasteiger partial charge in [0.15, 0.2) is 5.65 Å². The Hall–Kier alpha value is -4.07. The van der Waals surface area contributed by atoms with E-state index in [2.05, 4.69) is 51.3 Å². The molecule has 0 atom stereocenters. The minimum atomic E-state index is -1.06. The Kier molecular flexibility index (Phi) is 4.11. The lowest BCUT2D eigenvalue weighted by atomic mass is 10.1. The van der Waals surface area contributed by atoms with Crippen LogP contribution in [-0.4, -0.2) is 40.6 Å². The second-order valence-corrected chi connectivity index (χ2v) is 8.38. The van der Waals surface area contributed by atoms with Gasteiger partial charge in [0.05, 0.1) is 29.3 Å². The summed E-state index contributed by atoms with van der Waals surface area (Å²) in [5.41, 5.74) is 6.58. The highest BCUT2D eigenvalue weighted by molar-refractivity contribution is 5.94. The van der Waals surface area contributed by atoms with Crippen molar-refractivity contribution in [1.29, 1.82) is 0 Å². The molecule has 0 amide bonds. The zero-order chi connectivity index (χ0) is 21.8. The molecule has 5 aromatic rings. The average Bonchev–Trinajstić information content (AvgIpc) is 3.36. The molecule has 0 aliphatic carbocycles. The van der Waals surface area contributed by atoms with Crippen LogP contribution in [0.5, 0.6) is 0 Å². The number of nitrogens with one attached hydrogen (secondary N) is 1. The molecule has 0 fully saturated rings. The highest BCUT2D eigenvalue weighted by Gasteiger charge is 2.18. The minimum absolute atomic E-state index is 0.0103. The number of nitrogens with zero attached hydrogens (tertiary/aromatic N) is 5. The van der Waals surface area contributed by atoms with Gasteiger partial charge in [0.2, 0.25) is 0 Å². The summed E-state index contributed by atoms with van der Waals surface area (Å²) in [4.78, 5) is 32.0. The second kappa shape index (κ2) is 6.73. The van der Waals surface area contributed by atoms with Crippen molar-refractivity contribution in [2.75, 3.05) is 0 Å². The SMILES string of the molecule is CC(C)(C)n1cnc2ccc(-c3c[nH]c4ncc(-c5ccc(C(=O)O)nc5)nc34)cc21. The third kappa shape index (κ3) is 3.22. The number of carbonyl (C=O) groups is 1. The largest absolute Gasteiger partial charge is 0.477 e. The number of carboxylic acids is 1. The van der Waals surface area contributed by atoms with Crippen LogP contribution < -0.4 is 0 Å². The molecule has 31 heavy (non-hydrogen) atoms. The predicted molar refractivity (Wildman–Crippen MR) is 118 cm³/mol. The first-order valence-corrected chi connectivity index (χ1v) is 9.83. The van der Waals surface area contributed by atoms with Crippen molar-refractivity contribution in [2.24, 2.45) is 0 Å². The molecule has 0 saturated heterocycles. The molecule has 0 aliphatic heterocycles. The monoisotopic (exact) mass is 412 g/mol. The van der Waals surface area contributed by atoms with Crippen molar-refractivity contribution in [3.63, 3.8) is 0 Å². The van der Waals surface area contributed by atoms with Gasteiger partial charge in [-0.2, -0.15) is 0 Å². The fourth-order valence-electron chi connectivity index (χ4n) is 3.63. The molecule has 0 spiro atoms. The number of aromatic carboxylic acids is 1. The highest BCUT2D eigenvalue weighted by Crippen LogP contribution is 2.31. The van der Waals surface area contributed by atoms with E-state index in [4.69, 9.17) is 10.1 Å². The molecule has 0 saturated carbocycles. The fourth-order valence-corrected chi connectivity index (χ4v) is 3.63. The lowest BCUT2D eigenvalue weighted by Gasteiger charge is -2.21. The van der Waals surface area contributed by atoms with Gasteiger partial charge >= 0.3 is 5.97 Å². The van der Waals surface area contributed by atoms with Crippen molar-refractivity contribution >= 4 is 28.2 Å². The second-order valence-electron chi connectivity index (χ2n) is 8.38. The van der Waals surface area contributed by atoms with Crippen LogP contribution in [0, 0.1) is 0 Å². The van der Waals surface area contributed by atoms with Gasteiger partial charge in [0.1, 0.15) is 11.2 Å². The maximum Gasteiger partial charge on any atom is 0.354 e. The molecule has 154 valence electrons. The van der Waals surface area contributed by atoms with Gasteiger partial charge in [-0.25, -0.2) is 24.7 Å². The number of imidazole rings is 1. The minimum Gasteiger partial charge on any atom is -0.477 e. The van der Waals surface area contributed by atoms with Crippen LogP contribution >= 0.6 is 0 Å². The lowest BCUT2D eigenvalue weighted by Crippen LogP contribution is -2.20. The molecule has 4 aromatic heterocycles. The zero-order valence-corrected chi connectivity index (χ0v) is 17.3. The molecule has 1 aromatic carbocycles. The number of hydrogen-bond donors (Lipinski definition) is 2. The summed E-state index contributed by atoms with van der Waals surface area (Å²) in [5.74, 6) is -1.06. The quantitative estimate of drug-likeness (QED) is 0.452. The maximum absolute atomic E-state index is 11.0. The Morgan fingerprint density at radius 2 is 1.84 bits per heavy atom. The molecule has 2 N–H and O–H groups in total. The smallest absolute Gasteiger partial charge is 0.354 e. The van der Waals surface area contributed by atoms with E-state index >= 15 is 0 Å². The molecule has 0 aliphatic rings. The van der Waals surface area contributed by atoms with Crippen LogP contribution in [0.4, 0.5) is 0 Å². The number of carboxylic acid groups (broad SMARTS) is 1. The molecule has 8 heteroatoms. The number of rotatable bonds is 3. The predicted octanol–water partition coefficient (Wildman–Crippen LogP) is 4.49. The highest BCUT2D eigenvalue weighted by atomic mass is 16.4. The van der Waals surface area contributed by atoms with Gasteiger partial charge in [-0.05, 0) is 50.6 Å². The van der Waals surface area contributed by atoms with Gasteiger partial charge < -0.3 is 14.7 Å². The van der Waals surface area contributed by atoms with E-state index in [1.54, 1.807) is 12.3 Å². The standard InChI is InChI=1S/C23H20N6O2/c1-23(2,3)29-12-27-16-6-4-13(8-19(16)29)15-10-25-21-20(15)28-18(11-26-21)14-5-7-17(22(30)31)24-9-14/h4-12H,1-3H3,(H,25,26)(H,30,31). The Labute approximate surface area is 177 Å². The van der Waals surface area contributed by atoms with E-state index in [9.17, 15) is 4.79 Å². The number of aromatic amines is 1. The summed E-state index contributed by atoms with van der Waals surface area (Å²) in [6.07, 6.45) is 6.92. The van der Waals surface area contributed by atoms with E-state index in [1.807, 2.05) is 24.7 Å². The maximum atomic E-state index is 11.0. The fraction of sp³-hybridized carbons (Fsp3) is 0.174. The van der Waals surface area contributed by atoms with Gasteiger partial charge in [0, 0.05) is 29.1 Å². The van der Waals surface area contributed by atoms with Gasteiger partial charge in [-0.1, -0.05) is 6.07 Å². The number of benzene rings is 1. The molecule has 0 bridgehead atoms. The number of hydrogen-bond acceptors (Lipinski definition) is 5. The van der Waals surface area contributed by atoms with Crippen LogP contribution in [0.2, 0.25) is 0 Å². The van der Waals surface area contributed by atoms with Crippen LogP contribution in [0.25, 0.3) is 44.6 Å². The number of aromatic nitrogens is 6. The third-order valence-electron chi connectivity index (χ3n) is 5.24. The Morgan fingerprint density at radius 1 is 1.03 bits per heavy atom. The Balaban J connectivity index is 1.62.